The first-order chi connectivity index (χ1) is 12.5. The Morgan fingerprint density at radius 2 is 1.88 bits per heavy atom. The first kappa shape index (κ1) is 18.1. The monoisotopic (exact) mass is 357 g/mol. The Kier molecular flexibility index (Phi) is 5.35. The maximum atomic E-state index is 12.5. The molecule has 0 saturated heterocycles. The number of nitrogens with zero attached hydrogens (tertiary/aromatic N) is 2. The molecule has 2 aromatic rings. The highest BCUT2D eigenvalue weighted by molar-refractivity contribution is 6.02. The molecule has 26 heavy (non-hydrogen) atoms. The molecular weight excluding hydrogens is 334 g/mol. The van der Waals surface area contributed by atoms with E-state index in [1.807, 2.05) is 13.8 Å². The van der Waals surface area contributed by atoms with Crippen molar-refractivity contribution in [3.63, 3.8) is 0 Å². The van der Waals surface area contributed by atoms with Gasteiger partial charge in [0.1, 0.15) is 0 Å². The molecule has 1 amide bonds. The van der Waals surface area contributed by atoms with Crippen molar-refractivity contribution < 1.29 is 14.3 Å². The number of nitrogens with one attached hydrogen (secondary N) is 1. The molecule has 0 atom stereocenters. The molecule has 7 heteroatoms. The number of ether oxygens (including phenoxy) is 1. The van der Waals surface area contributed by atoms with Crippen LogP contribution in [0.1, 0.15) is 56.1 Å². The molecular formula is C19H23N3O4. The number of amides is 1. The second kappa shape index (κ2) is 7.68. The summed E-state index contributed by atoms with van der Waals surface area (Å²) in [6.07, 6.45) is 4.14. The van der Waals surface area contributed by atoms with Gasteiger partial charge in [-0.2, -0.15) is 5.10 Å². The Labute approximate surface area is 151 Å². The number of hydrogen-bond donors (Lipinski definition) is 1. The third-order valence-corrected chi connectivity index (χ3v) is 4.57. The highest BCUT2D eigenvalue weighted by atomic mass is 16.5. The summed E-state index contributed by atoms with van der Waals surface area (Å²) in [5.41, 5.74) is -0.214. The van der Waals surface area contributed by atoms with E-state index in [9.17, 15) is 14.4 Å². The van der Waals surface area contributed by atoms with Gasteiger partial charge in [-0.25, -0.2) is 9.48 Å². The Morgan fingerprint density at radius 3 is 2.54 bits per heavy atom. The highest BCUT2D eigenvalue weighted by Crippen LogP contribution is 2.18. The van der Waals surface area contributed by atoms with E-state index in [-0.39, 0.29) is 35.9 Å². The van der Waals surface area contributed by atoms with E-state index in [0.29, 0.717) is 10.8 Å². The van der Waals surface area contributed by atoms with Crippen molar-refractivity contribution in [2.24, 2.45) is 0 Å². The van der Waals surface area contributed by atoms with E-state index in [2.05, 4.69) is 10.4 Å². The van der Waals surface area contributed by atoms with Crippen molar-refractivity contribution in [1.29, 1.82) is 0 Å². The van der Waals surface area contributed by atoms with Crippen LogP contribution in [0.5, 0.6) is 0 Å². The van der Waals surface area contributed by atoms with Crippen LogP contribution in [-0.2, 0) is 9.53 Å². The topological polar surface area (TPSA) is 90.3 Å². The van der Waals surface area contributed by atoms with Crippen LogP contribution >= 0.6 is 0 Å². The van der Waals surface area contributed by atoms with Gasteiger partial charge >= 0.3 is 5.97 Å². The van der Waals surface area contributed by atoms with Crippen LogP contribution in [0.25, 0.3) is 10.8 Å². The lowest BCUT2D eigenvalue weighted by molar-refractivity contribution is -0.124. The molecule has 0 radical (unpaired) electrons. The van der Waals surface area contributed by atoms with Gasteiger partial charge in [0.25, 0.3) is 11.5 Å². The van der Waals surface area contributed by atoms with Crippen LogP contribution in [0.3, 0.4) is 0 Å². The molecule has 1 fully saturated rings. The molecule has 7 nitrogen and oxygen atoms in total. The van der Waals surface area contributed by atoms with Crippen molar-refractivity contribution in [2.45, 2.75) is 51.6 Å². The number of esters is 1. The fraction of sp³-hybridized carbons (Fsp3) is 0.474. The largest absolute Gasteiger partial charge is 0.451 e. The maximum absolute atomic E-state index is 12.5. The van der Waals surface area contributed by atoms with Crippen molar-refractivity contribution in [1.82, 2.24) is 15.1 Å². The molecule has 1 aromatic heterocycles. The van der Waals surface area contributed by atoms with Gasteiger partial charge in [0.15, 0.2) is 12.3 Å². The van der Waals surface area contributed by atoms with E-state index in [4.69, 9.17) is 4.74 Å². The van der Waals surface area contributed by atoms with E-state index in [0.717, 1.165) is 25.7 Å². The van der Waals surface area contributed by atoms with Gasteiger partial charge in [0.05, 0.1) is 11.4 Å². The van der Waals surface area contributed by atoms with Gasteiger partial charge in [-0.15, -0.1) is 0 Å². The van der Waals surface area contributed by atoms with Gasteiger partial charge in [-0.05, 0) is 32.8 Å². The van der Waals surface area contributed by atoms with Crippen molar-refractivity contribution in [3.05, 3.63) is 40.3 Å². The summed E-state index contributed by atoms with van der Waals surface area (Å²) < 4.78 is 6.42. The number of carbonyl (C=O) groups excluding carboxylic acids is 2. The molecule has 1 saturated carbocycles. The molecule has 1 aliphatic rings. The minimum atomic E-state index is -0.711. The Hall–Kier alpha value is -2.70. The van der Waals surface area contributed by atoms with Gasteiger partial charge < -0.3 is 10.1 Å². The quantitative estimate of drug-likeness (QED) is 0.829. The number of carbonyl (C=O) groups is 2. The van der Waals surface area contributed by atoms with E-state index >= 15 is 0 Å². The molecule has 1 heterocycles. The average molecular weight is 357 g/mol. The summed E-state index contributed by atoms with van der Waals surface area (Å²) >= 11 is 0. The number of fused-ring (bicyclic) bond motifs is 1. The summed E-state index contributed by atoms with van der Waals surface area (Å²) in [5, 5.41) is 7.88. The van der Waals surface area contributed by atoms with Crippen LogP contribution in [0.4, 0.5) is 0 Å². The Balaban J connectivity index is 1.80. The number of rotatable bonds is 5. The number of benzene rings is 1. The van der Waals surface area contributed by atoms with Crippen LogP contribution in [-0.4, -0.2) is 34.3 Å². The van der Waals surface area contributed by atoms with Crippen LogP contribution < -0.4 is 10.9 Å². The van der Waals surface area contributed by atoms with E-state index < -0.39 is 5.97 Å². The summed E-state index contributed by atoms with van der Waals surface area (Å²) in [6.45, 7) is 3.27. The number of aromatic nitrogens is 2. The maximum Gasteiger partial charge on any atom is 0.359 e. The molecule has 3 rings (SSSR count). The van der Waals surface area contributed by atoms with Crippen molar-refractivity contribution in [3.8, 4) is 0 Å². The van der Waals surface area contributed by atoms with Gasteiger partial charge in [0, 0.05) is 11.4 Å². The summed E-state index contributed by atoms with van der Waals surface area (Å²) in [5.74, 6) is -1.02. The first-order valence-electron chi connectivity index (χ1n) is 8.95. The fourth-order valence-corrected chi connectivity index (χ4v) is 3.25. The highest BCUT2D eigenvalue weighted by Gasteiger charge is 2.21. The Bertz CT molecular complexity index is 882. The van der Waals surface area contributed by atoms with Crippen molar-refractivity contribution in [2.75, 3.05) is 6.61 Å². The lowest BCUT2D eigenvalue weighted by atomic mass is 10.1. The van der Waals surface area contributed by atoms with Crippen LogP contribution in [0.2, 0.25) is 0 Å². The van der Waals surface area contributed by atoms with Crippen molar-refractivity contribution >= 4 is 22.6 Å². The average Bonchev–Trinajstić information content (AvgIpc) is 3.13. The normalized spacial score (nSPS) is 14.7. The zero-order valence-electron chi connectivity index (χ0n) is 15.0. The van der Waals surface area contributed by atoms with E-state index in [1.165, 1.54) is 4.68 Å². The Morgan fingerprint density at radius 1 is 1.23 bits per heavy atom. The minimum Gasteiger partial charge on any atom is -0.451 e. The number of hydrogen-bond acceptors (Lipinski definition) is 5. The zero-order chi connectivity index (χ0) is 18.7. The third kappa shape index (κ3) is 3.76. The molecule has 138 valence electrons. The third-order valence-electron chi connectivity index (χ3n) is 4.57. The minimum absolute atomic E-state index is 0.0440. The first-order valence-corrected chi connectivity index (χ1v) is 8.95. The predicted octanol–water partition coefficient (Wildman–Crippen LogP) is 2.19. The molecule has 0 bridgehead atoms. The molecule has 1 aromatic carbocycles. The lowest BCUT2D eigenvalue weighted by Crippen LogP contribution is -2.36. The summed E-state index contributed by atoms with van der Waals surface area (Å²) in [6, 6.07) is 6.74. The predicted molar refractivity (Wildman–Crippen MR) is 97.1 cm³/mol. The summed E-state index contributed by atoms with van der Waals surface area (Å²) in [7, 11) is 0. The second-order valence-corrected chi connectivity index (χ2v) is 6.86. The molecule has 1 N–H and O–H groups in total. The van der Waals surface area contributed by atoms with E-state index in [1.54, 1.807) is 24.3 Å². The van der Waals surface area contributed by atoms with Crippen LogP contribution in [0.15, 0.2) is 29.1 Å². The standard InChI is InChI=1S/C19H23N3O4/c1-12(2)22-18(24)15-10-6-5-9-14(15)17(21-22)19(25)26-11-16(23)20-13-7-3-4-8-13/h5-6,9-10,12-13H,3-4,7-8,11H2,1-2H3,(H,20,23). The van der Waals surface area contributed by atoms with Gasteiger partial charge in [-0.3, -0.25) is 9.59 Å². The fourth-order valence-electron chi connectivity index (χ4n) is 3.25. The van der Waals surface area contributed by atoms with Gasteiger partial charge in [0.2, 0.25) is 0 Å². The molecule has 1 aliphatic carbocycles. The van der Waals surface area contributed by atoms with Crippen LogP contribution in [0, 0.1) is 0 Å². The second-order valence-electron chi connectivity index (χ2n) is 6.86. The lowest BCUT2D eigenvalue weighted by Gasteiger charge is -2.14. The summed E-state index contributed by atoms with van der Waals surface area (Å²) in [4.78, 5) is 37.0. The molecule has 0 unspecified atom stereocenters. The van der Waals surface area contributed by atoms with Gasteiger partial charge in [-0.1, -0.05) is 31.0 Å². The molecule has 0 aliphatic heterocycles. The zero-order valence-corrected chi connectivity index (χ0v) is 15.0. The molecule has 0 spiro atoms. The smallest absolute Gasteiger partial charge is 0.359 e. The SMILES string of the molecule is CC(C)n1nc(C(=O)OCC(=O)NC2CCCC2)c2ccccc2c1=O.